The summed E-state index contributed by atoms with van der Waals surface area (Å²) >= 11 is 0. The lowest BCUT2D eigenvalue weighted by Crippen LogP contribution is -2.53. The summed E-state index contributed by atoms with van der Waals surface area (Å²) in [6, 6.07) is 4.59. The topological polar surface area (TPSA) is 41.7 Å². The minimum Gasteiger partial charge on any atom is -0.399 e. The van der Waals surface area contributed by atoms with Crippen LogP contribution in [-0.4, -0.2) is 44.2 Å². The quantitative estimate of drug-likeness (QED) is 0.700. The minimum absolute atomic E-state index is 0.465. The third kappa shape index (κ3) is 1.95. The van der Waals surface area contributed by atoms with Gasteiger partial charge >= 0.3 is 0 Å². The van der Waals surface area contributed by atoms with Crippen molar-refractivity contribution < 1.29 is 4.74 Å². The Morgan fingerprint density at radius 2 is 2.17 bits per heavy atom. The Balaban J connectivity index is 2.03. The number of hydrogen-bond acceptors (Lipinski definition) is 4. The predicted molar refractivity (Wildman–Crippen MR) is 73.9 cm³/mol. The van der Waals surface area contributed by atoms with E-state index in [1.165, 1.54) is 16.8 Å². The van der Waals surface area contributed by atoms with Crippen molar-refractivity contribution in [3.8, 4) is 0 Å². The Bertz CT molecular complexity index is 461. The van der Waals surface area contributed by atoms with E-state index in [2.05, 4.69) is 35.9 Å². The average Bonchev–Trinajstić information content (AvgIpc) is 2.47. The molecule has 4 heteroatoms. The number of ether oxygens (including phenoxy) is 1. The van der Waals surface area contributed by atoms with Crippen molar-refractivity contribution in [1.29, 1.82) is 0 Å². The molecule has 1 unspecified atom stereocenters. The fraction of sp³-hybridized carbons (Fsp3) is 0.571. The van der Waals surface area contributed by atoms with Gasteiger partial charge in [-0.05, 0) is 31.7 Å². The molecule has 0 spiro atoms. The van der Waals surface area contributed by atoms with E-state index in [-0.39, 0.29) is 0 Å². The molecule has 1 saturated heterocycles. The molecule has 1 aromatic carbocycles. The van der Waals surface area contributed by atoms with E-state index in [0.717, 1.165) is 31.9 Å². The van der Waals surface area contributed by atoms with Crippen LogP contribution >= 0.6 is 0 Å². The zero-order chi connectivity index (χ0) is 12.7. The van der Waals surface area contributed by atoms with E-state index in [1.54, 1.807) is 0 Å². The summed E-state index contributed by atoms with van der Waals surface area (Å²) in [6.45, 7) is 6.89. The molecule has 1 fully saturated rings. The minimum atomic E-state index is 0.465. The Hall–Kier alpha value is -1.26. The molecule has 4 nitrogen and oxygen atoms in total. The van der Waals surface area contributed by atoms with Crippen LogP contribution in [0.25, 0.3) is 0 Å². The number of nitrogens with two attached hydrogens (primary N) is 1. The summed E-state index contributed by atoms with van der Waals surface area (Å²) in [5, 5.41) is 0. The lowest BCUT2D eigenvalue weighted by Gasteiger charge is -2.41. The van der Waals surface area contributed by atoms with Crippen LogP contribution in [0.1, 0.15) is 11.1 Å². The molecular weight excluding hydrogens is 226 g/mol. The van der Waals surface area contributed by atoms with Gasteiger partial charge in [0.2, 0.25) is 0 Å². The summed E-state index contributed by atoms with van der Waals surface area (Å²) in [6.07, 6.45) is 0. The number of nitrogens with zero attached hydrogens (tertiary/aromatic N) is 2. The van der Waals surface area contributed by atoms with Crippen LogP contribution < -0.4 is 10.6 Å². The molecule has 98 valence electrons. The van der Waals surface area contributed by atoms with Gasteiger partial charge in [-0.1, -0.05) is 0 Å². The number of rotatable bonds is 0. The molecule has 0 aliphatic carbocycles. The highest BCUT2D eigenvalue weighted by Gasteiger charge is 2.30. The van der Waals surface area contributed by atoms with Crippen LogP contribution in [0.5, 0.6) is 0 Å². The van der Waals surface area contributed by atoms with Crippen LogP contribution in [0, 0.1) is 6.92 Å². The summed E-state index contributed by atoms with van der Waals surface area (Å²) in [4.78, 5) is 4.89. The van der Waals surface area contributed by atoms with Crippen molar-refractivity contribution in [2.45, 2.75) is 19.6 Å². The fourth-order valence-electron chi connectivity index (χ4n) is 3.16. The lowest BCUT2D eigenvalue weighted by molar-refractivity contribution is 0.0960. The molecule has 1 aromatic rings. The zero-order valence-corrected chi connectivity index (χ0v) is 11.1. The van der Waals surface area contributed by atoms with Gasteiger partial charge in [-0.2, -0.15) is 0 Å². The van der Waals surface area contributed by atoms with E-state index in [9.17, 15) is 0 Å². The van der Waals surface area contributed by atoms with Gasteiger partial charge in [-0.25, -0.2) is 0 Å². The molecule has 0 radical (unpaired) electrons. The largest absolute Gasteiger partial charge is 0.399 e. The van der Waals surface area contributed by atoms with Crippen molar-refractivity contribution in [2.24, 2.45) is 0 Å². The molecule has 0 saturated carbocycles. The Labute approximate surface area is 108 Å². The van der Waals surface area contributed by atoms with Crippen LogP contribution in [0.15, 0.2) is 12.1 Å². The van der Waals surface area contributed by atoms with Gasteiger partial charge in [0.15, 0.2) is 0 Å². The maximum absolute atomic E-state index is 5.94. The number of piperazine rings is 1. The Morgan fingerprint density at radius 3 is 3.00 bits per heavy atom. The van der Waals surface area contributed by atoms with E-state index < -0.39 is 0 Å². The molecule has 2 aliphatic heterocycles. The lowest BCUT2D eigenvalue weighted by atomic mass is 10.0. The maximum atomic E-state index is 5.94. The monoisotopic (exact) mass is 247 g/mol. The summed E-state index contributed by atoms with van der Waals surface area (Å²) in [7, 11) is 2.18. The molecule has 18 heavy (non-hydrogen) atoms. The van der Waals surface area contributed by atoms with Gasteiger partial charge in [0.05, 0.1) is 19.3 Å². The number of hydrogen-bond donors (Lipinski definition) is 1. The van der Waals surface area contributed by atoms with Crippen molar-refractivity contribution in [3.63, 3.8) is 0 Å². The Kier molecular flexibility index (Phi) is 2.92. The Morgan fingerprint density at radius 1 is 1.33 bits per heavy atom. The number of aryl methyl sites for hydroxylation is 1. The second-order valence-corrected chi connectivity index (χ2v) is 5.47. The van der Waals surface area contributed by atoms with Crippen LogP contribution in [0.2, 0.25) is 0 Å². The number of fused-ring (bicyclic) bond motifs is 3. The van der Waals surface area contributed by atoms with Crippen molar-refractivity contribution in [1.82, 2.24) is 4.90 Å². The van der Waals surface area contributed by atoms with Crippen molar-refractivity contribution in [3.05, 3.63) is 23.3 Å². The van der Waals surface area contributed by atoms with Gasteiger partial charge in [0.1, 0.15) is 0 Å². The normalized spacial score (nSPS) is 24.3. The number of benzene rings is 1. The summed E-state index contributed by atoms with van der Waals surface area (Å²) in [5.41, 5.74) is 10.6. The van der Waals surface area contributed by atoms with E-state index in [0.29, 0.717) is 12.6 Å². The molecule has 0 aromatic heterocycles. The van der Waals surface area contributed by atoms with Crippen LogP contribution in [0.3, 0.4) is 0 Å². The van der Waals surface area contributed by atoms with Gasteiger partial charge in [0, 0.05) is 36.6 Å². The molecule has 0 amide bonds. The van der Waals surface area contributed by atoms with Crippen LogP contribution in [0.4, 0.5) is 11.4 Å². The first kappa shape index (κ1) is 11.8. The molecular formula is C14H21N3O. The fourth-order valence-corrected chi connectivity index (χ4v) is 3.16. The first-order valence-corrected chi connectivity index (χ1v) is 6.57. The van der Waals surface area contributed by atoms with Gasteiger partial charge < -0.3 is 20.3 Å². The highest BCUT2D eigenvalue weighted by atomic mass is 16.5. The zero-order valence-electron chi connectivity index (χ0n) is 11.1. The first-order valence-electron chi connectivity index (χ1n) is 6.57. The van der Waals surface area contributed by atoms with Crippen LogP contribution in [-0.2, 0) is 11.3 Å². The second kappa shape index (κ2) is 4.44. The molecule has 2 aliphatic rings. The third-order valence-electron chi connectivity index (χ3n) is 3.94. The second-order valence-electron chi connectivity index (χ2n) is 5.47. The third-order valence-corrected chi connectivity index (χ3v) is 3.94. The van der Waals surface area contributed by atoms with E-state index >= 15 is 0 Å². The molecule has 2 N–H and O–H groups in total. The maximum Gasteiger partial charge on any atom is 0.0738 e. The standard InChI is InChI=1S/C14H21N3O/c1-10-5-12(15)6-11-8-18-9-13-7-16(2)3-4-17(13)14(10)11/h5-6,13H,3-4,7-9,15H2,1-2H3. The number of likely N-dealkylation sites (N-methyl/N-ethyl adjacent to an activating group) is 1. The smallest absolute Gasteiger partial charge is 0.0738 e. The molecule has 1 atom stereocenters. The molecule has 3 rings (SSSR count). The highest BCUT2D eigenvalue weighted by molar-refractivity contribution is 5.66. The molecule has 0 bridgehead atoms. The summed E-state index contributed by atoms with van der Waals surface area (Å²) < 4.78 is 5.82. The molecule has 2 heterocycles. The summed E-state index contributed by atoms with van der Waals surface area (Å²) in [5.74, 6) is 0. The average molecular weight is 247 g/mol. The number of nitrogen functional groups attached to an aromatic ring is 1. The van der Waals surface area contributed by atoms with E-state index in [4.69, 9.17) is 10.5 Å². The predicted octanol–water partition coefficient (Wildman–Crippen LogP) is 1.23. The number of anilines is 2. The van der Waals surface area contributed by atoms with Crippen molar-refractivity contribution in [2.75, 3.05) is 43.9 Å². The SMILES string of the molecule is Cc1cc(N)cc2c1N1CCN(C)CC1COC2. The van der Waals surface area contributed by atoms with Gasteiger partial charge in [0.25, 0.3) is 0 Å². The first-order chi connectivity index (χ1) is 8.65. The van der Waals surface area contributed by atoms with E-state index in [1.807, 2.05) is 0 Å². The highest BCUT2D eigenvalue weighted by Crippen LogP contribution is 2.33. The van der Waals surface area contributed by atoms with Gasteiger partial charge in [-0.3, -0.25) is 0 Å². The van der Waals surface area contributed by atoms with Gasteiger partial charge in [-0.15, -0.1) is 0 Å². The van der Waals surface area contributed by atoms with Crippen molar-refractivity contribution >= 4 is 11.4 Å².